The minimum atomic E-state index is -4.29. The van der Waals surface area contributed by atoms with E-state index in [1.54, 1.807) is 0 Å². The van der Waals surface area contributed by atoms with Crippen LogP contribution < -0.4 is 0 Å². The summed E-state index contributed by atoms with van der Waals surface area (Å²) in [4.78, 5) is 23.1. The van der Waals surface area contributed by atoms with E-state index in [1.807, 2.05) is 21.1 Å². The number of carbonyl (C=O) groups excluding carboxylic acids is 1. The molecule has 1 N–H and O–H groups in total. The lowest BCUT2D eigenvalue weighted by atomic mass is 10.1. The molecule has 9 heteroatoms. The first kappa shape index (κ1) is 66.9. The lowest BCUT2D eigenvalue weighted by molar-refractivity contribution is -0.870. The molecule has 8 nitrogen and oxygen atoms in total. The van der Waals surface area contributed by atoms with Crippen molar-refractivity contribution in [1.82, 2.24) is 0 Å². The minimum Gasteiger partial charge on any atom is -0.457 e. The molecule has 0 saturated carbocycles. The van der Waals surface area contributed by atoms with E-state index in [1.165, 1.54) is 154 Å². The van der Waals surface area contributed by atoms with E-state index in [-0.39, 0.29) is 25.8 Å². The molecule has 0 amide bonds. The van der Waals surface area contributed by atoms with Crippen molar-refractivity contribution in [1.29, 1.82) is 0 Å². The average Bonchev–Trinajstić information content (AvgIpc) is 3.31. The monoisotopic (exact) mass is 989 g/mol. The van der Waals surface area contributed by atoms with Crippen LogP contribution in [0, 0.1) is 0 Å². The van der Waals surface area contributed by atoms with Crippen LogP contribution in [0.3, 0.4) is 0 Å². The highest BCUT2D eigenvalue weighted by Gasteiger charge is 2.26. The molecular weight excluding hydrogens is 878 g/mol. The zero-order valence-electron chi connectivity index (χ0n) is 45.8. The topological polar surface area (TPSA) is 91.3 Å². The smallest absolute Gasteiger partial charge is 0.457 e. The summed E-state index contributed by atoms with van der Waals surface area (Å²) < 4.78 is 35.3. The van der Waals surface area contributed by atoms with Crippen molar-refractivity contribution in [3.8, 4) is 0 Å². The van der Waals surface area contributed by atoms with Crippen LogP contribution in [0.4, 0.5) is 0 Å². The molecule has 0 fully saturated rings. The number of phosphoric ester groups is 1. The first-order valence-corrected chi connectivity index (χ1v) is 30.2. The fraction of sp³-hybridized carbons (Fsp3) is 0.783. The first-order valence-electron chi connectivity index (χ1n) is 28.7. The maximum Gasteiger partial charge on any atom is 0.472 e. The fourth-order valence-electron chi connectivity index (χ4n) is 7.87. The van der Waals surface area contributed by atoms with Gasteiger partial charge in [-0.05, 0) is 83.5 Å². The summed E-state index contributed by atoms with van der Waals surface area (Å²) in [5.41, 5.74) is 0. The number of carbonyl (C=O) groups is 1. The number of hydrogen-bond donors (Lipinski definition) is 1. The molecule has 0 bridgehead atoms. The first-order chi connectivity index (χ1) is 33.6. The molecule has 0 saturated heterocycles. The summed E-state index contributed by atoms with van der Waals surface area (Å²) in [7, 11) is 1.66. The van der Waals surface area contributed by atoms with Gasteiger partial charge in [-0.2, -0.15) is 0 Å². The van der Waals surface area contributed by atoms with Crippen LogP contribution in [0.5, 0.6) is 0 Å². The summed E-state index contributed by atoms with van der Waals surface area (Å²) in [6, 6.07) is 0. The molecule has 0 aromatic carbocycles. The van der Waals surface area contributed by atoms with E-state index in [0.717, 1.165) is 70.6 Å². The average molecular weight is 990 g/mol. The molecule has 0 aromatic rings. The Morgan fingerprint density at radius 3 is 1.28 bits per heavy atom. The number of allylic oxidation sites excluding steroid dienone is 12. The van der Waals surface area contributed by atoms with E-state index >= 15 is 0 Å². The summed E-state index contributed by atoms with van der Waals surface area (Å²) in [5.74, 6) is -0.320. The van der Waals surface area contributed by atoms with Crippen molar-refractivity contribution in [2.45, 2.75) is 251 Å². The molecule has 0 aliphatic carbocycles. The molecule has 402 valence electrons. The third-order valence-corrected chi connectivity index (χ3v) is 13.2. The maximum atomic E-state index is 12.8. The molecule has 2 atom stereocenters. The van der Waals surface area contributed by atoms with Crippen LogP contribution in [0.25, 0.3) is 0 Å². The summed E-state index contributed by atoms with van der Waals surface area (Å²) >= 11 is 0. The van der Waals surface area contributed by atoms with Gasteiger partial charge in [-0.25, -0.2) is 4.57 Å². The molecule has 0 radical (unpaired) electrons. The predicted molar refractivity (Wildman–Crippen MR) is 298 cm³/mol. The van der Waals surface area contributed by atoms with E-state index in [4.69, 9.17) is 18.5 Å². The van der Waals surface area contributed by atoms with Gasteiger partial charge in [-0.3, -0.25) is 13.8 Å². The van der Waals surface area contributed by atoms with E-state index in [2.05, 4.69) is 86.8 Å². The highest BCUT2D eigenvalue weighted by molar-refractivity contribution is 7.47. The van der Waals surface area contributed by atoms with Crippen molar-refractivity contribution in [3.05, 3.63) is 72.9 Å². The van der Waals surface area contributed by atoms with Gasteiger partial charge >= 0.3 is 13.8 Å². The second-order valence-corrected chi connectivity index (χ2v) is 21.7. The summed E-state index contributed by atoms with van der Waals surface area (Å²) in [6.45, 7) is 5.52. The van der Waals surface area contributed by atoms with Crippen LogP contribution >= 0.6 is 7.82 Å². The van der Waals surface area contributed by atoms with Crippen LogP contribution in [-0.2, 0) is 27.9 Å². The Balaban J connectivity index is 4.11. The zero-order chi connectivity index (χ0) is 50.5. The number of hydrogen-bond acceptors (Lipinski definition) is 6. The Morgan fingerprint density at radius 2 is 0.841 bits per heavy atom. The number of quaternary nitrogens is 1. The number of phosphoric acid groups is 1. The van der Waals surface area contributed by atoms with Crippen molar-refractivity contribution in [2.24, 2.45) is 0 Å². The Bertz CT molecular complexity index is 1330. The van der Waals surface area contributed by atoms with Gasteiger partial charge in [0.15, 0.2) is 0 Å². The third kappa shape index (κ3) is 56.7. The van der Waals surface area contributed by atoms with E-state index in [0.29, 0.717) is 24.1 Å². The minimum absolute atomic E-state index is 0.0847. The molecule has 0 rings (SSSR count). The Morgan fingerprint density at radius 1 is 0.464 bits per heavy atom. The van der Waals surface area contributed by atoms with Gasteiger partial charge in [-0.1, -0.05) is 228 Å². The van der Waals surface area contributed by atoms with E-state index in [9.17, 15) is 14.3 Å². The molecule has 2 unspecified atom stereocenters. The van der Waals surface area contributed by atoms with Gasteiger partial charge in [-0.15, -0.1) is 0 Å². The zero-order valence-corrected chi connectivity index (χ0v) is 46.7. The van der Waals surface area contributed by atoms with Gasteiger partial charge in [0.05, 0.1) is 34.4 Å². The Hall–Kier alpha value is -2.06. The van der Waals surface area contributed by atoms with Crippen LogP contribution in [0.15, 0.2) is 72.9 Å². The number of ether oxygens (including phenoxy) is 2. The molecule has 69 heavy (non-hydrogen) atoms. The van der Waals surface area contributed by atoms with Gasteiger partial charge in [0.25, 0.3) is 0 Å². The number of unbranched alkanes of at least 4 members (excludes halogenated alkanes) is 27. The van der Waals surface area contributed by atoms with Gasteiger partial charge in [0.1, 0.15) is 19.3 Å². The van der Waals surface area contributed by atoms with Gasteiger partial charge in [0.2, 0.25) is 0 Å². The van der Waals surface area contributed by atoms with E-state index < -0.39 is 13.9 Å². The second-order valence-electron chi connectivity index (χ2n) is 20.3. The molecular formula is C60H111NO7P+. The highest BCUT2D eigenvalue weighted by Crippen LogP contribution is 2.43. The maximum absolute atomic E-state index is 12.8. The summed E-state index contributed by atoms with van der Waals surface area (Å²) in [6.07, 6.45) is 69.6. The number of likely N-dealkylation sites (N-methyl/N-ethyl adjacent to an activating group) is 1. The fourth-order valence-corrected chi connectivity index (χ4v) is 8.61. The quantitative estimate of drug-likeness (QED) is 0.0213. The largest absolute Gasteiger partial charge is 0.472 e. The van der Waals surface area contributed by atoms with Crippen molar-refractivity contribution < 1.29 is 37.3 Å². The van der Waals surface area contributed by atoms with Crippen molar-refractivity contribution in [3.63, 3.8) is 0 Å². The lowest BCUT2D eigenvalue weighted by Gasteiger charge is -2.24. The molecule has 0 heterocycles. The normalized spacial score (nSPS) is 14.0. The second kappa shape index (κ2) is 52.3. The lowest BCUT2D eigenvalue weighted by Crippen LogP contribution is -2.37. The highest BCUT2D eigenvalue weighted by atomic mass is 31.2. The van der Waals surface area contributed by atoms with Crippen molar-refractivity contribution in [2.75, 3.05) is 54.1 Å². The molecule has 0 aliphatic heterocycles. The van der Waals surface area contributed by atoms with Crippen LogP contribution in [0.2, 0.25) is 0 Å². The number of esters is 1. The SMILES string of the molecule is CC/C=C\C/C=C\C/C=C\C/C=C\C/C=C\CCCCCCCCCCCC(=O)OC(COCCCCCCCCCCCC/C=C\CCCCCCCCCC)COP(=O)(O)OCC[N+](C)(C)C. The van der Waals surface area contributed by atoms with Crippen LogP contribution in [-0.4, -0.2) is 75.6 Å². The number of rotatable bonds is 53. The molecule has 0 spiro atoms. The third-order valence-electron chi connectivity index (χ3n) is 12.3. The number of nitrogens with zero attached hydrogens (tertiary/aromatic N) is 1. The van der Waals surface area contributed by atoms with Crippen molar-refractivity contribution >= 4 is 13.8 Å². The van der Waals surface area contributed by atoms with Crippen LogP contribution in [0.1, 0.15) is 245 Å². The Labute approximate surface area is 427 Å². The van der Waals surface area contributed by atoms with Gasteiger partial charge in [0, 0.05) is 13.0 Å². The summed E-state index contributed by atoms with van der Waals surface area (Å²) in [5, 5.41) is 0. The Kier molecular flexibility index (Phi) is 50.7. The predicted octanol–water partition coefficient (Wildman–Crippen LogP) is 18.2. The standard InChI is InChI=1S/C60H110NO7P/c1-6-8-10-12-14-16-18-20-22-24-26-28-30-31-32-33-35-37-39-41-43-45-47-49-51-53-60(62)68-59(58-67-69(63,64)66-56-54-61(3,4)5)57-65-55-52-50-48-46-44-42-40-38-36-34-29-27-25-23-21-19-17-15-13-11-9-7-2/h8,10,14,16,20,22,25-28,31-32,59H,6-7,9,11-13,15,17-19,21,23-24,29-30,33-58H2,1-5H3/p+1/b10-8-,16-14-,22-20-,27-25-,28-26-,32-31-. The molecule has 0 aliphatic rings. The van der Waals surface area contributed by atoms with Gasteiger partial charge < -0.3 is 18.9 Å². The molecule has 0 aromatic heterocycles.